The molecule has 18 heavy (non-hydrogen) atoms. The van der Waals surface area contributed by atoms with Crippen LogP contribution in [0, 0.1) is 17.3 Å². The number of amides is 1. The predicted octanol–water partition coefficient (Wildman–Crippen LogP) is 3.66. The number of hydrogen-bond donors (Lipinski definition) is 0. The van der Waals surface area contributed by atoms with Gasteiger partial charge in [0, 0.05) is 19.0 Å². The molecule has 1 rings (SSSR count). The topological polar surface area (TPSA) is 20.3 Å². The van der Waals surface area contributed by atoms with Gasteiger partial charge in [-0.1, -0.05) is 41.5 Å². The van der Waals surface area contributed by atoms with Crippen molar-refractivity contribution >= 4 is 5.91 Å². The fourth-order valence-electron chi connectivity index (χ4n) is 2.67. The van der Waals surface area contributed by atoms with Crippen molar-refractivity contribution in [3.8, 4) is 0 Å². The molecule has 1 amide bonds. The maximum atomic E-state index is 15.0. The minimum atomic E-state index is -1.12. The smallest absolute Gasteiger partial charge is 0.225 e. The summed E-state index contributed by atoms with van der Waals surface area (Å²) >= 11 is 0. The highest BCUT2D eigenvalue weighted by Gasteiger charge is 2.45. The molecular formula is C15H28FNO. The van der Waals surface area contributed by atoms with E-state index in [4.69, 9.17) is 0 Å². The third-order valence-corrected chi connectivity index (χ3v) is 4.48. The van der Waals surface area contributed by atoms with Gasteiger partial charge in [-0.15, -0.1) is 0 Å². The number of nitrogens with zero attached hydrogens (tertiary/aromatic N) is 1. The largest absolute Gasteiger partial charge is 0.342 e. The Hall–Kier alpha value is -0.600. The summed E-state index contributed by atoms with van der Waals surface area (Å²) in [5, 5.41) is 0. The molecule has 0 aromatic carbocycles. The molecule has 0 aromatic heterocycles. The average molecular weight is 257 g/mol. The molecular weight excluding hydrogens is 229 g/mol. The summed E-state index contributed by atoms with van der Waals surface area (Å²) in [5.74, 6) is 0.180. The van der Waals surface area contributed by atoms with Crippen molar-refractivity contribution in [2.75, 3.05) is 13.1 Å². The summed E-state index contributed by atoms with van der Waals surface area (Å²) in [7, 11) is 0. The monoisotopic (exact) mass is 257 g/mol. The molecule has 106 valence electrons. The van der Waals surface area contributed by atoms with Crippen molar-refractivity contribution < 1.29 is 9.18 Å². The summed E-state index contributed by atoms with van der Waals surface area (Å²) in [6.07, 6.45) is 0.952. The van der Waals surface area contributed by atoms with E-state index in [2.05, 4.69) is 20.8 Å². The van der Waals surface area contributed by atoms with E-state index in [-0.39, 0.29) is 23.2 Å². The number of carbonyl (C=O) groups excluding carboxylic acids is 1. The van der Waals surface area contributed by atoms with Crippen LogP contribution >= 0.6 is 0 Å². The molecule has 0 bridgehead atoms. The molecule has 1 saturated heterocycles. The second-order valence-corrected chi connectivity index (χ2v) is 7.10. The predicted molar refractivity (Wildman–Crippen MR) is 73.1 cm³/mol. The third kappa shape index (κ3) is 3.24. The van der Waals surface area contributed by atoms with Gasteiger partial charge in [-0.3, -0.25) is 4.79 Å². The molecule has 0 radical (unpaired) electrons. The lowest BCUT2D eigenvalue weighted by Gasteiger charge is -2.45. The summed E-state index contributed by atoms with van der Waals surface area (Å²) in [5.41, 5.74) is -1.15. The van der Waals surface area contributed by atoms with E-state index in [9.17, 15) is 9.18 Å². The second kappa shape index (κ2) is 5.18. The summed E-state index contributed by atoms with van der Waals surface area (Å²) < 4.78 is 15.0. The first-order valence-electron chi connectivity index (χ1n) is 7.05. The van der Waals surface area contributed by atoms with Gasteiger partial charge in [0.05, 0.1) is 0 Å². The van der Waals surface area contributed by atoms with Crippen molar-refractivity contribution in [2.24, 2.45) is 17.3 Å². The highest BCUT2D eigenvalue weighted by atomic mass is 19.1. The van der Waals surface area contributed by atoms with Crippen LogP contribution in [0.5, 0.6) is 0 Å². The molecule has 1 aliphatic heterocycles. The van der Waals surface area contributed by atoms with Crippen LogP contribution in [0.2, 0.25) is 0 Å². The standard InChI is InChI=1S/C15H28FNO/c1-11(2)13(18)17-9-7-15(16,8-10-17)12(3)14(4,5)6/h11-12H,7-10H2,1-6H3. The lowest BCUT2D eigenvalue weighted by molar-refractivity contribution is -0.138. The third-order valence-electron chi connectivity index (χ3n) is 4.48. The van der Waals surface area contributed by atoms with Crippen molar-refractivity contribution in [2.45, 2.75) is 60.1 Å². The van der Waals surface area contributed by atoms with E-state index in [1.165, 1.54) is 0 Å². The quantitative estimate of drug-likeness (QED) is 0.739. The normalized spacial score (nSPS) is 22.1. The molecule has 1 fully saturated rings. The maximum absolute atomic E-state index is 15.0. The molecule has 0 spiro atoms. The first kappa shape index (κ1) is 15.5. The molecule has 1 atom stereocenters. The average Bonchev–Trinajstić information content (AvgIpc) is 2.27. The Kier molecular flexibility index (Phi) is 4.45. The Balaban J connectivity index is 2.65. The van der Waals surface area contributed by atoms with Crippen LogP contribution in [0.4, 0.5) is 4.39 Å². The first-order chi connectivity index (χ1) is 8.08. The van der Waals surface area contributed by atoms with Gasteiger partial charge in [-0.2, -0.15) is 0 Å². The number of hydrogen-bond acceptors (Lipinski definition) is 1. The molecule has 0 aromatic rings. The number of carbonyl (C=O) groups is 1. The van der Waals surface area contributed by atoms with Gasteiger partial charge in [0.15, 0.2) is 0 Å². The second-order valence-electron chi connectivity index (χ2n) is 7.10. The number of rotatable bonds is 2. The van der Waals surface area contributed by atoms with E-state index >= 15 is 0 Å². The van der Waals surface area contributed by atoms with Crippen LogP contribution in [-0.4, -0.2) is 29.6 Å². The van der Waals surface area contributed by atoms with E-state index in [0.717, 1.165) is 0 Å². The van der Waals surface area contributed by atoms with Gasteiger partial charge < -0.3 is 4.90 Å². The molecule has 0 saturated carbocycles. The van der Waals surface area contributed by atoms with Crippen molar-refractivity contribution in [3.63, 3.8) is 0 Å². The fraction of sp³-hybridized carbons (Fsp3) is 0.933. The van der Waals surface area contributed by atoms with Crippen molar-refractivity contribution in [1.29, 1.82) is 0 Å². The molecule has 2 nitrogen and oxygen atoms in total. The first-order valence-corrected chi connectivity index (χ1v) is 7.05. The Morgan fingerprint density at radius 2 is 1.61 bits per heavy atom. The van der Waals surface area contributed by atoms with Gasteiger partial charge >= 0.3 is 0 Å². The van der Waals surface area contributed by atoms with E-state index in [1.54, 1.807) is 0 Å². The van der Waals surface area contributed by atoms with Gasteiger partial charge in [-0.05, 0) is 24.2 Å². The Morgan fingerprint density at radius 1 is 1.17 bits per heavy atom. The van der Waals surface area contributed by atoms with E-state index in [1.807, 2.05) is 25.7 Å². The molecule has 3 heteroatoms. The highest BCUT2D eigenvalue weighted by molar-refractivity contribution is 5.78. The SMILES string of the molecule is CC(C)C(=O)N1CCC(F)(C(C)C(C)(C)C)CC1. The Morgan fingerprint density at radius 3 is 1.94 bits per heavy atom. The molecule has 0 aliphatic carbocycles. The summed E-state index contributed by atoms with van der Waals surface area (Å²) in [6.45, 7) is 13.2. The van der Waals surface area contributed by atoms with E-state index in [0.29, 0.717) is 25.9 Å². The minimum Gasteiger partial charge on any atom is -0.342 e. The summed E-state index contributed by atoms with van der Waals surface area (Å²) in [4.78, 5) is 13.7. The van der Waals surface area contributed by atoms with Gasteiger partial charge in [-0.25, -0.2) is 4.39 Å². The zero-order valence-corrected chi connectivity index (χ0v) is 12.7. The Labute approximate surface area is 111 Å². The highest BCUT2D eigenvalue weighted by Crippen LogP contribution is 2.43. The van der Waals surface area contributed by atoms with Crippen LogP contribution in [0.15, 0.2) is 0 Å². The molecule has 0 N–H and O–H groups in total. The zero-order valence-electron chi connectivity index (χ0n) is 12.7. The Bertz CT molecular complexity index is 298. The van der Waals surface area contributed by atoms with Gasteiger partial charge in [0.25, 0.3) is 0 Å². The van der Waals surface area contributed by atoms with Gasteiger partial charge in [0.2, 0.25) is 5.91 Å². The van der Waals surface area contributed by atoms with Crippen molar-refractivity contribution in [1.82, 2.24) is 4.90 Å². The van der Waals surface area contributed by atoms with Crippen LogP contribution in [0.3, 0.4) is 0 Å². The van der Waals surface area contributed by atoms with Crippen LogP contribution < -0.4 is 0 Å². The molecule has 1 unspecified atom stereocenters. The molecule has 1 aliphatic rings. The summed E-state index contributed by atoms with van der Waals surface area (Å²) in [6, 6.07) is 0. The van der Waals surface area contributed by atoms with Crippen molar-refractivity contribution in [3.05, 3.63) is 0 Å². The van der Waals surface area contributed by atoms with E-state index < -0.39 is 5.67 Å². The zero-order chi connectivity index (χ0) is 14.1. The number of alkyl halides is 1. The lowest BCUT2D eigenvalue weighted by Crippen LogP contribution is -2.50. The number of halogens is 1. The number of piperidine rings is 1. The fourth-order valence-corrected chi connectivity index (χ4v) is 2.67. The van der Waals surface area contributed by atoms with Gasteiger partial charge in [0.1, 0.15) is 5.67 Å². The lowest BCUT2D eigenvalue weighted by atomic mass is 9.69. The van der Waals surface area contributed by atoms with Crippen LogP contribution in [-0.2, 0) is 4.79 Å². The number of likely N-dealkylation sites (tertiary alicyclic amines) is 1. The van der Waals surface area contributed by atoms with Crippen LogP contribution in [0.1, 0.15) is 54.4 Å². The van der Waals surface area contributed by atoms with Crippen LogP contribution in [0.25, 0.3) is 0 Å². The molecule has 1 heterocycles. The maximum Gasteiger partial charge on any atom is 0.225 e. The minimum absolute atomic E-state index is 0.0113.